The Bertz CT molecular complexity index is 1430. The molecule has 5 heterocycles. The van der Waals surface area contributed by atoms with E-state index in [0.717, 1.165) is 45.5 Å². The van der Waals surface area contributed by atoms with Gasteiger partial charge in [0.15, 0.2) is 5.13 Å². The molecule has 3 aromatic heterocycles. The van der Waals surface area contributed by atoms with Crippen LogP contribution in [0.25, 0.3) is 10.6 Å². The van der Waals surface area contributed by atoms with Crippen LogP contribution in [-0.2, 0) is 4.79 Å². The Morgan fingerprint density at radius 1 is 0.976 bits per heavy atom. The third-order valence-electron chi connectivity index (χ3n) is 8.56. The molecule has 1 amide bonds. The Hall–Kier alpha value is -2.25. The molecule has 2 saturated heterocycles. The van der Waals surface area contributed by atoms with Gasteiger partial charge in [-0.15, -0.1) is 11.3 Å². The number of anilines is 3. The van der Waals surface area contributed by atoms with Crippen LogP contribution in [0.5, 0.6) is 0 Å². The van der Waals surface area contributed by atoms with Crippen LogP contribution in [0.2, 0.25) is 5.02 Å². The number of halogens is 2. The highest BCUT2D eigenvalue weighted by atomic mass is 79.9. The molecule has 2 N–H and O–H groups in total. The summed E-state index contributed by atoms with van der Waals surface area (Å²) in [4.78, 5) is 42.1. The van der Waals surface area contributed by atoms with Gasteiger partial charge in [-0.3, -0.25) is 19.8 Å². The van der Waals surface area contributed by atoms with Crippen LogP contribution in [0.15, 0.2) is 28.2 Å². The second-order valence-electron chi connectivity index (χ2n) is 11.2. The van der Waals surface area contributed by atoms with Gasteiger partial charge in [-0.2, -0.15) is 0 Å². The van der Waals surface area contributed by atoms with Crippen LogP contribution in [-0.4, -0.2) is 77.2 Å². The van der Waals surface area contributed by atoms with E-state index in [1.165, 1.54) is 49.6 Å². The molecular formula is C29H34BrClN6O3S2. The lowest BCUT2D eigenvalue weighted by Gasteiger charge is -2.41. The largest absolute Gasteiger partial charge is 0.481 e. The molecule has 0 atom stereocenters. The van der Waals surface area contributed by atoms with Crippen molar-refractivity contribution in [3.8, 4) is 10.6 Å². The highest BCUT2D eigenvalue weighted by Gasteiger charge is 2.29. The number of carbonyl (C=O) groups excluding carboxylic acids is 1. The fourth-order valence-electron chi connectivity index (χ4n) is 6.21. The molecule has 3 aromatic rings. The van der Waals surface area contributed by atoms with Gasteiger partial charge in [0.1, 0.15) is 16.5 Å². The lowest BCUT2D eigenvalue weighted by molar-refractivity contribution is -0.142. The summed E-state index contributed by atoms with van der Waals surface area (Å²) >= 11 is 13.3. The maximum absolute atomic E-state index is 13.3. The number of piperidine rings is 1. The third kappa shape index (κ3) is 6.62. The summed E-state index contributed by atoms with van der Waals surface area (Å²) in [6.45, 7) is 5.10. The van der Waals surface area contributed by atoms with Gasteiger partial charge >= 0.3 is 5.97 Å². The predicted octanol–water partition coefficient (Wildman–Crippen LogP) is 6.69. The van der Waals surface area contributed by atoms with Crippen LogP contribution >= 0.6 is 50.2 Å². The number of thiophene rings is 1. The number of thiazole rings is 1. The van der Waals surface area contributed by atoms with Crippen molar-refractivity contribution < 1.29 is 14.7 Å². The van der Waals surface area contributed by atoms with Crippen molar-refractivity contribution in [2.75, 3.05) is 54.4 Å². The first-order valence-corrected chi connectivity index (χ1v) is 17.4. The van der Waals surface area contributed by atoms with E-state index in [-0.39, 0.29) is 11.8 Å². The molecule has 42 heavy (non-hydrogen) atoms. The van der Waals surface area contributed by atoms with Crippen molar-refractivity contribution in [1.29, 1.82) is 0 Å². The lowest BCUT2D eigenvalue weighted by Crippen LogP contribution is -2.50. The second kappa shape index (κ2) is 13.2. The number of pyridine rings is 1. The number of carbonyl (C=O) groups is 2. The van der Waals surface area contributed by atoms with Crippen molar-refractivity contribution in [2.24, 2.45) is 5.92 Å². The van der Waals surface area contributed by atoms with Crippen molar-refractivity contribution in [2.45, 2.75) is 51.0 Å². The topological polar surface area (TPSA) is 102 Å². The Balaban J connectivity index is 1.16. The fourth-order valence-corrected chi connectivity index (χ4v) is 8.97. The second-order valence-corrected chi connectivity index (χ2v) is 15.0. The van der Waals surface area contributed by atoms with Crippen molar-refractivity contribution in [1.82, 2.24) is 14.9 Å². The number of piperazine rings is 1. The van der Waals surface area contributed by atoms with E-state index >= 15 is 0 Å². The summed E-state index contributed by atoms with van der Waals surface area (Å²) in [5, 5.41) is 14.3. The van der Waals surface area contributed by atoms with Crippen LogP contribution < -0.4 is 15.1 Å². The van der Waals surface area contributed by atoms with E-state index in [9.17, 15) is 14.7 Å². The fraction of sp³-hybridized carbons (Fsp3) is 0.517. The smallest absolute Gasteiger partial charge is 0.306 e. The number of aromatic nitrogens is 2. The number of hydrogen-bond acceptors (Lipinski definition) is 9. The first-order chi connectivity index (χ1) is 20.4. The van der Waals surface area contributed by atoms with Gasteiger partial charge in [0.05, 0.1) is 25.2 Å². The molecule has 1 saturated carbocycles. The van der Waals surface area contributed by atoms with Crippen molar-refractivity contribution in [3.63, 3.8) is 0 Å². The molecule has 9 nitrogen and oxygen atoms in total. The number of amides is 1. The maximum Gasteiger partial charge on any atom is 0.306 e. The van der Waals surface area contributed by atoms with Crippen molar-refractivity contribution >= 4 is 78.0 Å². The molecule has 1 aliphatic carbocycles. The molecule has 224 valence electrons. The van der Waals surface area contributed by atoms with Gasteiger partial charge in [0, 0.05) is 51.5 Å². The zero-order valence-corrected chi connectivity index (χ0v) is 27.2. The summed E-state index contributed by atoms with van der Waals surface area (Å²) in [6.07, 6.45) is 9.29. The first kappa shape index (κ1) is 29.8. The Morgan fingerprint density at radius 3 is 2.36 bits per heavy atom. The summed E-state index contributed by atoms with van der Waals surface area (Å²) in [7, 11) is 0. The maximum atomic E-state index is 13.3. The molecular weight excluding hydrogens is 660 g/mol. The quantitative estimate of drug-likeness (QED) is 0.282. The average molecular weight is 694 g/mol. The zero-order chi connectivity index (χ0) is 29.2. The molecule has 3 aliphatic rings. The lowest BCUT2D eigenvalue weighted by atomic mass is 9.94. The van der Waals surface area contributed by atoms with E-state index in [2.05, 4.69) is 42.1 Å². The van der Waals surface area contributed by atoms with Crippen LogP contribution in [0.3, 0.4) is 0 Å². The Kier molecular flexibility index (Phi) is 9.35. The number of aliphatic carboxylic acids is 1. The third-order valence-corrected chi connectivity index (χ3v) is 11.5. The van der Waals surface area contributed by atoms with Gasteiger partial charge in [-0.05, 0) is 59.8 Å². The minimum atomic E-state index is -0.761. The molecule has 6 rings (SSSR count). The van der Waals surface area contributed by atoms with Crippen LogP contribution in [0.4, 0.5) is 16.0 Å². The van der Waals surface area contributed by atoms with E-state index in [1.807, 2.05) is 11.0 Å². The monoisotopic (exact) mass is 692 g/mol. The number of carboxylic acid groups (broad SMARTS) is 1. The Morgan fingerprint density at radius 2 is 1.71 bits per heavy atom. The molecule has 0 unspecified atom stereocenters. The van der Waals surface area contributed by atoms with Gasteiger partial charge < -0.3 is 14.9 Å². The first-order valence-electron chi connectivity index (χ1n) is 14.6. The summed E-state index contributed by atoms with van der Waals surface area (Å²) < 4.78 is 1.04. The normalized spacial score (nSPS) is 19.3. The van der Waals surface area contributed by atoms with Crippen LogP contribution in [0, 0.1) is 5.92 Å². The van der Waals surface area contributed by atoms with Crippen LogP contribution in [0.1, 0.15) is 55.3 Å². The van der Waals surface area contributed by atoms with Gasteiger partial charge in [-0.1, -0.05) is 42.2 Å². The number of rotatable bonds is 7. The van der Waals surface area contributed by atoms with Gasteiger partial charge in [-0.25, -0.2) is 9.97 Å². The predicted molar refractivity (Wildman–Crippen MR) is 174 cm³/mol. The number of carboxylic acids is 1. The summed E-state index contributed by atoms with van der Waals surface area (Å²) in [5.74, 6) is -0.842. The molecule has 2 aliphatic heterocycles. The number of nitrogens with one attached hydrogen (secondary N) is 1. The minimum absolute atomic E-state index is 0.318. The number of hydrogen-bond donors (Lipinski definition) is 2. The van der Waals surface area contributed by atoms with E-state index in [1.54, 1.807) is 17.4 Å². The summed E-state index contributed by atoms with van der Waals surface area (Å²) in [6, 6.07) is 6.44. The molecule has 0 aromatic carbocycles. The zero-order valence-electron chi connectivity index (χ0n) is 23.2. The SMILES string of the molecule is O=C(Nc1nc(-c2ccc(Br)s2)c(N2CCN(C3CCCCC3)CC2)s1)c1cnc(N2CCC(C(=O)O)CC2)c(Cl)c1. The van der Waals surface area contributed by atoms with Gasteiger partial charge in [0.2, 0.25) is 0 Å². The standard InChI is InChI=1S/C29H34BrClN6O3S2/c30-23-7-6-22(41-23)24-27(37-14-12-35(13-15-37)20-4-2-1-3-5-20)42-29(33-24)34-26(38)19-16-21(31)25(32-17-19)36-10-8-18(9-11-36)28(39)40/h6-7,16-18,20H,1-5,8-15H2,(H,39,40)(H,33,34,38). The average Bonchev–Trinajstić information content (AvgIpc) is 3.63. The van der Waals surface area contributed by atoms with E-state index < -0.39 is 5.97 Å². The summed E-state index contributed by atoms with van der Waals surface area (Å²) in [5.41, 5.74) is 1.25. The van der Waals surface area contributed by atoms with Gasteiger partial charge in [0.25, 0.3) is 5.91 Å². The molecule has 0 bridgehead atoms. The van der Waals surface area contributed by atoms with E-state index in [4.69, 9.17) is 16.6 Å². The highest BCUT2D eigenvalue weighted by Crippen LogP contribution is 2.43. The highest BCUT2D eigenvalue weighted by molar-refractivity contribution is 9.11. The van der Waals surface area contributed by atoms with Crippen molar-refractivity contribution in [3.05, 3.63) is 38.8 Å². The molecule has 0 spiro atoms. The molecule has 13 heteroatoms. The minimum Gasteiger partial charge on any atom is -0.481 e. The number of nitrogens with zero attached hydrogens (tertiary/aromatic N) is 5. The molecule has 3 fully saturated rings. The molecule has 0 radical (unpaired) electrons. The Labute approximate surface area is 267 Å². The van der Waals surface area contributed by atoms with E-state index in [0.29, 0.717) is 53.5 Å².